The highest BCUT2D eigenvalue weighted by atomic mass is 16.5. The second-order valence-corrected chi connectivity index (χ2v) is 3.58. The Bertz CT molecular complexity index is 190. The van der Waals surface area contributed by atoms with Crippen LogP contribution in [0.25, 0.3) is 0 Å². The van der Waals surface area contributed by atoms with Crippen molar-refractivity contribution in [1.82, 2.24) is 4.90 Å². The zero-order chi connectivity index (χ0) is 8.72. The number of nitrogens with zero attached hydrogens (tertiary/aromatic N) is 1. The minimum atomic E-state index is -0.740. The molecule has 2 bridgehead atoms. The lowest BCUT2D eigenvalue weighted by Gasteiger charge is -2.48. The third-order valence-electron chi connectivity index (χ3n) is 2.69. The molecule has 0 aromatic rings. The topological polar surface area (TPSA) is 49.8 Å². The Kier molecular flexibility index (Phi) is 1.81. The van der Waals surface area contributed by atoms with E-state index in [4.69, 9.17) is 9.84 Å². The van der Waals surface area contributed by atoms with Gasteiger partial charge in [-0.15, -0.1) is 0 Å². The third kappa shape index (κ3) is 1.21. The van der Waals surface area contributed by atoms with Crippen LogP contribution in [-0.4, -0.2) is 47.3 Å². The van der Waals surface area contributed by atoms with Gasteiger partial charge in [-0.2, -0.15) is 0 Å². The van der Waals surface area contributed by atoms with E-state index in [9.17, 15) is 4.79 Å². The van der Waals surface area contributed by atoms with Gasteiger partial charge in [-0.25, -0.2) is 0 Å². The molecule has 4 heteroatoms. The highest BCUT2D eigenvalue weighted by Gasteiger charge is 2.40. The number of carbonyl (C=O) groups is 1. The van der Waals surface area contributed by atoms with E-state index in [1.54, 1.807) is 6.92 Å². The highest BCUT2D eigenvalue weighted by Crippen LogP contribution is 2.28. The SMILES string of the molecule is CC(C(=O)O)N1CC2CC(C1)O2. The summed E-state index contributed by atoms with van der Waals surface area (Å²) in [5, 5.41) is 8.75. The lowest BCUT2D eigenvalue weighted by Crippen LogP contribution is -2.60. The quantitative estimate of drug-likeness (QED) is 0.632. The van der Waals surface area contributed by atoms with Gasteiger partial charge in [-0.1, -0.05) is 0 Å². The summed E-state index contributed by atoms with van der Waals surface area (Å²) in [6, 6.07) is -0.362. The maximum absolute atomic E-state index is 10.6. The normalized spacial score (nSPS) is 37.1. The number of aliphatic carboxylic acids is 1. The van der Waals surface area contributed by atoms with Crippen LogP contribution in [0.15, 0.2) is 0 Å². The molecule has 3 saturated heterocycles. The zero-order valence-electron chi connectivity index (χ0n) is 7.06. The molecule has 0 saturated carbocycles. The van der Waals surface area contributed by atoms with Crippen LogP contribution in [0, 0.1) is 0 Å². The molecule has 3 atom stereocenters. The van der Waals surface area contributed by atoms with Gasteiger partial charge < -0.3 is 9.84 Å². The maximum Gasteiger partial charge on any atom is 0.320 e. The van der Waals surface area contributed by atoms with Gasteiger partial charge in [0.1, 0.15) is 6.04 Å². The molecule has 0 amide bonds. The molecule has 1 N–H and O–H groups in total. The number of ether oxygens (including phenoxy) is 1. The fourth-order valence-corrected chi connectivity index (χ4v) is 1.86. The summed E-state index contributed by atoms with van der Waals surface area (Å²) in [6.07, 6.45) is 1.71. The molecular formula is C8H13NO3. The van der Waals surface area contributed by atoms with Crippen LogP contribution in [0.2, 0.25) is 0 Å². The molecule has 0 aromatic heterocycles. The number of carboxylic acids is 1. The van der Waals surface area contributed by atoms with Crippen molar-refractivity contribution >= 4 is 5.97 Å². The molecular weight excluding hydrogens is 158 g/mol. The van der Waals surface area contributed by atoms with Crippen LogP contribution in [0.5, 0.6) is 0 Å². The summed E-state index contributed by atoms with van der Waals surface area (Å²) in [7, 11) is 0. The van der Waals surface area contributed by atoms with Crippen LogP contribution < -0.4 is 0 Å². The number of rotatable bonds is 2. The molecule has 12 heavy (non-hydrogen) atoms. The monoisotopic (exact) mass is 171 g/mol. The summed E-state index contributed by atoms with van der Waals surface area (Å²) in [5.74, 6) is -0.740. The van der Waals surface area contributed by atoms with Gasteiger partial charge in [-0.3, -0.25) is 9.69 Å². The van der Waals surface area contributed by atoms with Gasteiger partial charge in [0.2, 0.25) is 0 Å². The maximum atomic E-state index is 10.6. The van der Waals surface area contributed by atoms with Crippen LogP contribution >= 0.6 is 0 Å². The lowest BCUT2D eigenvalue weighted by atomic mass is 9.97. The van der Waals surface area contributed by atoms with Gasteiger partial charge in [0, 0.05) is 19.5 Å². The summed E-state index contributed by atoms with van der Waals surface area (Å²) in [6.45, 7) is 3.29. The van der Waals surface area contributed by atoms with Crippen LogP contribution in [0.3, 0.4) is 0 Å². The zero-order valence-corrected chi connectivity index (χ0v) is 7.06. The molecule has 3 aliphatic heterocycles. The Hall–Kier alpha value is -0.610. The minimum absolute atomic E-state index is 0.297. The largest absolute Gasteiger partial charge is 0.480 e. The second kappa shape index (κ2) is 2.71. The van der Waals surface area contributed by atoms with Gasteiger partial charge >= 0.3 is 5.97 Å². The van der Waals surface area contributed by atoms with E-state index < -0.39 is 5.97 Å². The van der Waals surface area contributed by atoms with E-state index in [-0.39, 0.29) is 6.04 Å². The average molecular weight is 171 g/mol. The van der Waals surface area contributed by atoms with Crippen molar-refractivity contribution in [2.45, 2.75) is 31.6 Å². The Morgan fingerprint density at radius 1 is 1.58 bits per heavy atom. The fraction of sp³-hybridized carbons (Fsp3) is 0.875. The lowest BCUT2D eigenvalue weighted by molar-refractivity contribution is -0.191. The van der Waals surface area contributed by atoms with E-state index in [0.717, 1.165) is 19.5 Å². The van der Waals surface area contributed by atoms with Gasteiger partial charge in [0.25, 0.3) is 0 Å². The number of morpholine rings is 1. The first-order chi connectivity index (χ1) is 5.66. The van der Waals surface area contributed by atoms with Gasteiger partial charge in [-0.05, 0) is 6.92 Å². The van der Waals surface area contributed by atoms with Crippen molar-refractivity contribution in [3.05, 3.63) is 0 Å². The first-order valence-electron chi connectivity index (χ1n) is 4.29. The summed E-state index contributed by atoms with van der Waals surface area (Å²) in [4.78, 5) is 12.6. The molecule has 0 spiro atoms. The molecule has 3 unspecified atom stereocenters. The van der Waals surface area contributed by atoms with Gasteiger partial charge in [0.05, 0.1) is 12.2 Å². The Balaban J connectivity index is 1.93. The number of fused-ring (bicyclic) bond motifs is 2. The smallest absolute Gasteiger partial charge is 0.320 e. The van der Waals surface area contributed by atoms with Crippen molar-refractivity contribution in [1.29, 1.82) is 0 Å². The van der Waals surface area contributed by atoms with Crippen LogP contribution in [-0.2, 0) is 9.53 Å². The molecule has 3 aliphatic rings. The number of hydrogen-bond acceptors (Lipinski definition) is 3. The Morgan fingerprint density at radius 3 is 2.50 bits per heavy atom. The average Bonchev–Trinajstić information content (AvgIpc) is 2.02. The molecule has 3 rings (SSSR count). The van der Waals surface area contributed by atoms with Crippen molar-refractivity contribution in [2.24, 2.45) is 0 Å². The van der Waals surface area contributed by atoms with E-state index in [1.807, 2.05) is 4.90 Å². The third-order valence-corrected chi connectivity index (χ3v) is 2.69. The molecule has 0 aliphatic carbocycles. The van der Waals surface area contributed by atoms with Crippen molar-refractivity contribution in [3.8, 4) is 0 Å². The predicted octanol–water partition coefficient (Wildman–Crippen LogP) is -0.0674. The highest BCUT2D eigenvalue weighted by molar-refractivity contribution is 5.72. The molecule has 0 radical (unpaired) electrons. The minimum Gasteiger partial charge on any atom is -0.480 e. The van der Waals surface area contributed by atoms with E-state index >= 15 is 0 Å². The molecule has 3 heterocycles. The molecule has 3 fully saturated rings. The summed E-state index contributed by atoms with van der Waals surface area (Å²) < 4.78 is 5.40. The number of carboxylic acid groups (broad SMARTS) is 1. The number of piperidine rings is 1. The van der Waals surface area contributed by atoms with Crippen molar-refractivity contribution in [2.75, 3.05) is 13.1 Å². The summed E-state index contributed by atoms with van der Waals surface area (Å²) >= 11 is 0. The first kappa shape index (κ1) is 8.01. The van der Waals surface area contributed by atoms with Crippen LogP contribution in [0.1, 0.15) is 13.3 Å². The fourth-order valence-electron chi connectivity index (χ4n) is 1.86. The first-order valence-corrected chi connectivity index (χ1v) is 4.29. The molecule has 0 aromatic carbocycles. The Morgan fingerprint density at radius 2 is 2.08 bits per heavy atom. The van der Waals surface area contributed by atoms with E-state index in [2.05, 4.69) is 0 Å². The van der Waals surface area contributed by atoms with E-state index in [0.29, 0.717) is 12.2 Å². The van der Waals surface area contributed by atoms with Gasteiger partial charge in [0.15, 0.2) is 0 Å². The van der Waals surface area contributed by atoms with Crippen LogP contribution in [0.4, 0.5) is 0 Å². The molecule has 4 nitrogen and oxygen atoms in total. The number of hydrogen-bond donors (Lipinski definition) is 1. The molecule has 68 valence electrons. The van der Waals surface area contributed by atoms with E-state index in [1.165, 1.54) is 0 Å². The predicted molar refractivity (Wildman–Crippen MR) is 41.9 cm³/mol. The Labute approximate surface area is 71.1 Å². The second-order valence-electron chi connectivity index (χ2n) is 3.58. The van der Waals surface area contributed by atoms with Crippen molar-refractivity contribution < 1.29 is 14.6 Å². The van der Waals surface area contributed by atoms with Crippen molar-refractivity contribution in [3.63, 3.8) is 0 Å². The summed E-state index contributed by atoms with van der Waals surface area (Å²) in [5.41, 5.74) is 0. The standard InChI is InChI=1S/C8H13NO3/c1-5(8(10)11)9-3-6-2-7(4-9)12-6/h5-7H,2-4H2,1H3,(H,10,11).